The Kier molecular flexibility index (Phi) is 3.81. The summed E-state index contributed by atoms with van der Waals surface area (Å²) in [5.41, 5.74) is 6.82. The first-order chi connectivity index (χ1) is 8.63. The molecule has 0 aliphatic carbocycles. The summed E-state index contributed by atoms with van der Waals surface area (Å²) in [6, 6.07) is 2.13. The van der Waals surface area contributed by atoms with Crippen LogP contribution in [0.4, 0.5) is 5.69 Å². The highest BCUT2D eigenvalue weighted by atomic mass is 16.2. The van der Waals surface area contributed by atoms with E-state index in [0.717, 1.165) is 26.1 Å². The van der Waals surface area contributed by atoms with Gasteiger partial charge in [0.1, 0.15) is 0 Å². The van der Waals surface area contributed by atoms with Gasteiger partial charge in [0.15, 0.2) is 0 Å². The van der Waals surface area contributed by atoms with Crippen LogP contribution in [0.2, 0.25) is 0 Å². The van der Waals surface area contributed by atoms with Crippen LogP contribution in [-0.2, 0) is 0 Å². The zero-order valence-electron chi connectivity index (χ0n) is 11.0. The van der Waals surface area contributed by atoms with Crippen molar-refractivity contribution in [3.05, 3.63) is 24.0 Å². The molecular weight excluding hydrogens is 228 g/mol. The molecule has 5 heteroatoms. The Morgan fingerprint density at radius 3 is 3.00 bits per heavy atom. The van der Waals surface area contributed by atoms with Crippen LogP contribution in [0.1, 0.15) is 23.7 Å². The third kappa shape index (κ3) is 2.46. The summed E-state index contributed by atoms with van der Waals surface area (Å²) in [5.74, 6) is 0.0152. The number of carbonyl (C=O) groups excluding carboxylic acids is 1. The minimum absolute atomic E-state index is 0.0152. The van der Waals surface area contributed by atoms with Crippen molar-refractivity contribution in [3.8, 4) is 0 Å². The van der Waals surface area contributed by atoms with Gasteiger partial charge in [-0.15, -0.1) is 0 Å². The maximum Gasteiger partial charge on any atom is 0.256 e. The second-order valence-corrected chi connectivity index (χ2v) is 4.76. The quantitative estimate of drug-likeness (QED) is 0.842. The van der Waals surface area contributed by atoms with Crippen LogP contribution >= 0.6 is 0 Å². The van der Waals surface area contributed by atoms with Crippen molar-refractivity contribution >= 4 is 11.6 Å². The van der Waals surface area contributed by atoms with Gasteiger partial charge in [0.05, 0.1) is 17.4 Å². The topological polar surface area (TPSA) is 62.5 Å². The Hall–Kier alpha value is -1.62. The highest BCUT2D eigenvalue weighted by Crippen LogP contribution is 2.16. The number of nitrogens with zero attached hydrogens (tertiary/aromatic N) is 3. The molecule has 98 valence electrons. The number of carbonyl (C=O) groups is 1. The molecule has 1 aromatic heterocycles. The van der Waals surface area contributed by atoms with E-state index in [1.165, 1.54) is 6.20 Å². The van der Waals surface area contributed by atoms with Crippen molar-refractivity contribution in [3.63, 3.8) is 0 Å². The van der Waals surface area contributed by atoms with Crippen molar-refractivity contribution in [1.29, 1.82) is 0 Å². The molecule has 2 heterocycles. The molecule has 1 amide bonds. The smallest absolute Gasteiger partial charge is 0.256 e. The van der Waals surface area contributed by atoms with E-state index in [1.54, 1.807) is 12.3 Å². The Bertz CT molecular complexity index is 435. The predicted octanol–water partition coefficient (Wildman–Crippen LogP) is 0.830. The third-order valence-corrected chi connectivity index (χ3v) is 3.62. The first kappa shape index (κ1) is 12.8. The number of nitrogens with two attached hydrogens (primary N) is 1. The number of piperazine rings is 1. The van der Waals surface area contributed by atoms with Gasteiger partial charge in [0.2, 0.25) is 0 Å². The molecule has 18 heavy (non-hydrogen) atoms. The summed E-state index contributed by atoms with van der Waals surface area (Å²) < 4.78 is 0. The van der Waals surface area contributed by atoms with Gasteiger partial charge < -0.3 is 10.6 Å². The number of nitrogen functional groups attached to an aromatic ring is 1. The molecule has 0 saturated carbocycles. The van der Waals surface area contributed by atoms with E-state index >= 15 is 0 Å². The van der Waals surface area contributed by atoms with Crippen molar-refractivity contribution in [2.24, 2.45) is 0 Å². The van der Waals surface area contributed by atoms with Gasteiger partial charge >= 0.3 is 0 Å². The average Bonchev–Trinajstić information content (AvgIpc) is 2.39. The minimum atomic E-state index is 0.0152. The lowest BCUT2D eigenvalue weighted by Crippen LogP contribution is -2.53. The first-order valence-electron chi connectivity index (χ1n) is 6.32. The molecule has 0 radical (unpaired) electrons. The number of pyridine rings is 1. The van der Waals surface area contributed by atoms with Crippen LogP contribution in [-0.4, -0.2) is 53.4 Å². The van der Waals surface area contributed by atoms with Gasteiger partial charge in [0.25, 0.3) is 5.91 Å². The highest BCUT2D eigenvalue weighted by Gasteiger charge is 2.27. The van der Waals surface area contributed by atoms with Crippen molar-refractivity contribution in [2.75, 3.05) is 32.4 Å². The number of aromatic nitrogens is 1. The van der Waals surface area contributed by atoms with Gasteiger partial charge in [-0.1, -0.05) is 6.92 Å². The lowest BCUT2D eigenvalue weighted by Gasteiger charge is -2.39. The van der Waals surface area contributed by atoms with Crippen LogP contribution in [0.5, 0.6) is 0 Å². The van der Waals surface area contributed by atoms with Gasteiger partial charge in [-0.2, -0.15) is 0 Å². The fourth-order valence-corrected chi connectivity index (χ4v) is 2.34. The van der Waals surface area contributed by atoms with Crippen molar-refractivity contribution in [2.45, 2.75) is 19.4 Å². The summed E-state index contributed by atoms with van der Waals surface area (Å²) >= 11 is 0. The Balaban J connectivity index is 2.13. The Labute approximate surface area is 108 Å². The van der Waals surface area contributed by atoms with Crippen LogP contribution in [0.15, 0.2) is 18.5 Å². The van der Waals surface area contributed by atoms with E-state index in [1.807, 2.05) is 4.90 Å². The van der Waals surface area contributed by atoms with E-state index in [9.17, 15) is 4.79 Å². The van der Waals surface area contributed by atoms with Gasteiger partial charge in [0, 0.05) is 31.9 Å². The largest absolute Gasteiger partial charge is 0.397 e. The lowest BCUT2D eigenvalue weighted by molar-refractivity contribution is 0.0543. The Morgan fingerprint density at radius 1 is 1.56 bits per heavy atom. The molecule has 1 unspecified atom stereocenters. The third-order valence-electron chi connectivity index (χ3n) is 3.62. The SMILES string of the molecule is CCC1CN(C(=O)c2ccncc2N)CCN1C. The van der Waals surface area contributed by atoms with E-state index in [0.29, 0.717) is 17.3 Å². The Morgan fingerprint density at radius 2 is 2.33 bits per heavy atom. The van der Waals surface area contributed by atoms with E-state index in [-0.39, 0.29) is 5.91 Å². The summed E-state index contributed by atoms with van der Waals surface area (Å²) in [5, 5.41) is 0. The average molecular weight is 248 g/mol. The predicted molar refractivity (Wildman–Crippen MR) is 71.3 cm³/mol. The summed E-state index contributed by atoms with van der Waals surface area (Å²) in [6.45, 7) is 4.59. The number of likely N-dealkylation sites (N-methyl/N-ethyl adjacent to an activating group) is 1. The molecule has 0 aromatic carbocycles. The zero-order valence-corrected chi connectivity index (χ0v) is 11.0. The fraction of sp³-hybridized carbons (Fsp3) is 0.538. The van der Waals surface area contributed by atoms with Gasteiger partial charge in [-0.3, -0.25) is 14.7 Å². The van der Waals surface area contributed by atoms with Gasteiger partial charge in [-0.25, -0.2) is 0 Å². The van der Waals surface area contributed by atoms with Crippen LogP contribution < -0.4 is 5.73 Å². The zero-order chi connectivity index (χ0) is 13.1. The van der Waals surface area contributed by atoms with E-state index in [4.69, 9.17) is 5.73 Å². The molecule has 1 fully saturated rings. The molecule has 1 aliphatic rings. The first-order valence-corrected chi connectivity index (χ1v) is 6.32. The molecule has 0 spiro atoms. The summed E-state index contributed by atoms with van der Waals surface area (Å²) in [7, 11) is 2.11. The molecule has 1 aromatic rings. The highest BCUT2D eigenvalue weighted by molar-refractivity contribution is 5.98. The molecule has 1 atom stereocenters. The second kappa shape index (κ2) is 5.35. The molecular formula is C13H20N4O. The van der Waals surface area contributed by atoms with Crippen molar-refractivity contribution < 1.29 is 4.79 Å². The normalized spacial score (nSPS) is 21.0. The van der Waals surface area contributed by atoms with Crippen LogP contribution in [0.3, 0.4) is 0 Å². The van der Waals surface area contributed by atoms with Crippen LogP contribution in [0.25, 0.3) is 0 Å². The molecule has 2 N–H and O–H groups in total. The minimum Gasteiger partial charge on any atom is -0.397 e. The number of anilines is 1. The maximum absolute atomic E-state index is 12.4. The molecule has 0 bridgehead atoms. The van der Waals surface area contributed by atoms with E-state index < -0.39 is 0 Å². The number of hydrogen-bond acceptors (Lipinski definition) is 4. The van der Waals surface area contributed by atoms with Crippen molar-refractivity contribution in [1.82, 2.24) is 14.8 Å². The molecule has 1 aliphatic heterocycles. The van der Waals surface area contributed by atoms with E-state index in [2.05, 4.69) is 23.9 Å². The molecule has 2 rings (SSSR count). The lowest BCUT2D eigenvalue weighted by atomic mass is 10.1. The summed E-state index contributed by atoms with van der Waals surface area (Å²) in [4.78, 5) is 20.5. The number of hydrogen-bond donors (Lipinski definition) is 1. The second-order valence-electron chi connectivity index (χ2n) is 4.76. The summed E-state index contributed by atoms with van der Waals surface area (Å²) in [6.07, 6.45) is 4.18. The van der Waals surface area contributed by atoms with Crippen LogP contribution in [0, 0.1) is 0 Å². The number of amides is 1. The maximum atomic E-state index is 12.4. The fourth-order valence-electron chi connectivity index (χ4n) is 2.34. The molecule has 1 saturated heterocycles. The number of rotatable bonds is 2. The standard InChI is InChI=1S/C13H20N4O/c1-3-10-9-17(7-6-16(10)2)13(18)11-4-5-15-8-12(11)14/h4-5,8,10H,3,6-7,9,14H2,1-2H3. The monoisotopic (exact) mass is 248 g/mol. The van der Waals surface area contributed by atoms with Gasteiger partial charge in [-0.05, 0) is 19.5 Å². The molecule has 5 nitrogen and oxygen atoms in total.